The molecule has 1 amide bonds. The monoisotopic (exact) mass is 356 g/mol. The van der Waals surface area contributed by atoms with Crippen LogP contribution in [-0.2, 0) is 4.79 Å². The number of nitrogens with one attached hydrogen (secondary N) is 1. The van der Waals surface area contributed by atoms with Gasteiger partial charge in [0.05, 0.1) is 0 Å². The molecule has 20 heavy (non-hydrogen) atoms. The van der Waals surface area contributed by atoms with Crippen molar-refractivity contribution in [1.29, 1.82) is 0 Å². The number of fused-ring (bicyclic) bond motifs is 2. The normalized spacial score (nSPS) is 32.5. The van der Waals surface area contributed by atoms with Crippen LogP contribution in [0.5, 0.6) is 0 Å². The highest BCUT2D eigenvalue weighted by molar-refractivity contribution is 9.11. The lowest BCUT2D eigenvalue weighted by atomic mass is 9.92. The zero-order chi connectivity index (χ0) is 13.7. The molecule has 2 heterocycles. The summed E-state index contributed by atoms with van der Waals surface area (Å²) in [6.45, 7) is 1.99. The SMILES string of the molecule is O=C(N[C@H]1[C@@H]2CC[C@H]1CN(c1nnc(Br)s1)C2)C1CC1. The van der Waals surface area contributed by atoms with Gasteiger partial charge in [0.15, 0.2) is 3.92 Å². The fourth-order valence-corrected chi connectivity index (χ4v) is 4.67. The summed E-state index contributed by atoms with van der Waals surface area (Å²) < 4.78 is 0.837. The van der Waals surface area contributed by atoms with E-state index in [1.165, 1.54) is 12.8 Å². The number of hydrogen-bond acceptors (Lipinski definition) is 5. The van der Waals surface area contributed by atoms with Crippen molar-refractivity contribution in [3.63, 3.8) is 0 Å². The second kappa shape index (κ2) is 4.94. The summed E-state index contributed by atoms with van der Waals surface area (Å²) in [5.41, 5.74) is 0. The third-order valence-corrected chi connectivity index (χ3v) is 6.17. The lowest BCUT2D eigenvalue weighted by molar-refractivity contribution is -0.123. The van der Waals surface area contributed by atoms with Gasteiger partial charge in [-0.2, -0.15) is 0 Å². The number of amides is 1. The van der Waals surface area contributed by atoms with E-state index >= 15 is 0 Å². The van der Waals surface area contributed by atoms with Crippen LogP contribution in [0.1, 0.15) is 25.7 Å². The second-order valence-electron chi connectivity index (χ2n) is 6.15. The predicted molar refractivity (Wildman–Crippen MR) is 80.7 cm³/mol. The van der Waals surface area contributed by atoms with E-state index in [0.717, 1.165) is 35.0 Å². The van der Waals surface area contributed by atoms with Crippen LogP contribution in [0.3, 0.4) is 0 Å². The first-order chi connectivity index (χ1) is 9.70. The van der Waals surface area contributed by atoms with Gasteiger partial charge in [0.2, 0.25) is 11.0 Å². The van der Waals surface area contributed by atoms with E-state index in [4.69, 9.17) is 0 Å². The number of carbonyl (C=O) groups excluding carboxylic acids is 1. The van der Waals surface area contributed by atoms with E-state index in [0.29, 0.717) is 29.7 Å². The standard InChI is InChI=1S/C13H17BrN4OS/c14-12-16-17-13(20-12)18-5-8-3-4-9(6-18)10(8)15-11(19)7-1-2-7/h7-10H,1-6H2,(H,15,19)/t8-,9+,10+. The molecule has 1 aromatic heterocycles. The minimum atomic E-state index is 0.291. The Morgan fingerprint density at radius 1 is 1.20 bits per heavy atom. The number of piperidine rings is 1. The van der Waals surface area contributed by atoms with Crippen LogP contribution in [0.25, 0.3) is 0 Å². The molecule has 7 heteroatoms. The van der Waals surface area contributed by atoms with E-state index < -0.39 is 0 Å². The molecule has 2 bridgehead atoms. The van der Waals surface area contributed by atoms with Crippen molar-refractivity contribution in [2.75, 3.05) is 18.0 Å². The number of rotatable bonds is 3. The maximum atomic E-state index is 12.0. The molecule has 3 atom stereocenters. The number of hydrogen-bond donors (Lipinski definition) is 1. The van der Waals surface area contributed by atoms with Gasteiger partial charge >= 0.3 is 0 Å². The first-order valence-corrected chi connectivity index (χ1v) is 8.86. The van der Waals surface area contributed by atoms with E-state index in [-0.39, 0.29) is 0 Å². The molecule has 0 unspecified atom stereocenters. The second-order valence-corrected chi connectivity index (χ2v) is 8.38. The van der Waals surface area contributed by atoms with Crippen LogP contribution in [0.15, 0.2) is 3.92 Å². The summed E-state index contributed by atoms with van der Waals surface area (Å²) >= 11 is 4.96. The fourth-order valence-electron chi connectivity index (χ4n) is 3.57. The molecule has 108 valence electrons. The van der Waals surface area contributed by atoms with Crippen molar-refractivity contribution in [1.82, 2.24) is 15.5 Å². The first kappa shape index (κ1) is 13.0. The number of nitrogens with zero attached hydrogens (tertiary/aromatic N) is 3. The quantitative estimate of drug-likeness (QED) is 0.900. The average molecular weight is 357 g/mol. The molecule has 3 fully saturated rings. The molecule has 1 aromatic rings. The maximum Gasteiger partial charge on any atom is 0.223 e. The summed E-state index contributed by atoms with van der Waals surface area (Å²) in [5.74, 6) is 1.74. The number of carbonyl (C=O) groups is 1. The highest BCUT2D eigenvalue weighted by atomic mass is 79.9. The zero-order valence-corrected chi connectivity index (χ0v) is 13.5. The summed E-state index contributed by atoms with van der Waals surface area (Å²) in [5, 5.41) is 12.6. The topological polar surface area (TPSA) is 58.1 Å². The molecular weight excluding hydrogens is 340 g/mol. The Kier molecular flexibility index (Phi) is 3.22. The van der Waals surface area contributed by atoms with E-state index in [9.17, 15) is 4.79 Å². The van der Waals surface area contributed by atoms with E-state index in [2.05, 4.69) is 36.3 Å². The Morgan fingerprint density at radius 3 is 2.45 bits per heavy atom. The third kappa shape index (κ3) is 2.35. The molecule has 2 aliphatic carbocycles. The first-order valence-electron chi connectivity index (χ1n) is 7.25. The van der Waals surface area contributed by atoms with Crippen molar-refractivity contribution in [2.24, 2.45) is 17.8 Å². The van der Waals surface area contributed by atoms with Gasteiger partial charge in [-0.15, -0.1) is 10.2 Å². The highest BCUT2D eigenvalue weighted by Gasteiger charge is 2.44. The lowest BCUT2D eigenvalue weighted by Gasteiger charge is -2.38. The Hall–Kier alpha value is -0.690. The van der Waals surface area contributed by atoms with E-state index in [1.54, 1.807) is 11.3 Å². The van der Waals surface area contributed by atoms with Crippen molar-refractivity contribution in [3.05, 3.63) is 3.92 Å². The van der Waals surface area contributed by atoms with Crippen molar-refractivity contribution in [3.8, 4) is 0 Å². The Labute approximate surface area is 130 Å². The van der Waals surface area contributed by atoms with Crippen LogP contribution < -0.4 is 10.2 Å². The molecule has 2 saturated carbocycles. The molecular formula is C13H17BrN4OS. The van der Waals surface area contributed by atoms with Gasteiger partial charge < -0.3 is 10.2 Å². The molecule has 3 aliphatic rings. The molecule has 1 saturated heterocycles. The molecule has 1 aliphatic heterocycles. The molecule has 5 nitrogen and oxygen atoms in total. The smallest absolute Gasteiger partial charge is 0.223 e. The number of aromatic nitrogens is 2. The summed E-state index contributed by atoms with van der Waals surface area (Å²) in [6.07, 6.45) is 4.60. The van der Waals surface area contributed by atoms with E-state index in [1.807, 2.05) is 0 Å². The molecule has 0 radical (unpaired) electrons. The maximum absolute atomic E-state index is 12.0. The Balaban J connectivity index is 1.45. The third-order valence-electron chi connectivity index (χ3n) is 4.75. The number of anilines is 1. The van der Waals surface area contributed by atoms with Crippen molar-refractivity contribution in [2.45, 2.75) is 31.7 Å². The van der Waals surface area contributed by atoms with Gasteiger partial charge in [0, 0.05) is 25.0 Å². The summed E-state index contributed by atoms with van der Waals surface area (Å²) in [4.78, 5) is 14.3. The minimum absolute atomic E-state index is 0.291. The highest BCUT2D eigenvalue weighted by Crippen LogP contribution is 2.40. The molecule has 4 rings (SSSR count). The fraction of sp³-hybridized carbons (Fsp3) is 0.769. The van der Waals surface area contributed by atoms with Crippen LogP contribution in [0, 0.1) is 17.8 Å². The van der Waals surface area contributed by atoms with Gasteiger partial charge in [0.1, 0.15) is 0 Å². The largest absolute Gasteiger partial charge is 0.352 e. The zero-order valence-electron chi connectivity index (χ0n) is 11.1. The van der Waals surface area contributed by atoms with Crippen LogP contribution in [0.2, 0.25) is 0 Å². The Bertz CT molecular complexity index is 518. The molecule has 0 spiro atoms. The van der Waals surface area contributed by atoms with Gasteiger partial charge in [-0.3, -0.25) is 4.79 Å². The summed E-state index contributed by atoms with van der Waals surface area (Å²) in [6, 6.07) is 0.385. The van der Waals surface area contributed by atoms with Crippen LogP contribution >= 0.6 is 27.3 Å². The summed E-state index contributed by atoms with van der Waals surface area (Å²) in [7, 11) is 0. The molecule has 0 aromatic carbocycles. The van der Waals surface area contributed by atoms with Crippen LogP contribution in [0.4, 0.5) is 5.13 Å². The van der Waals surface area contributed by atoms with Crippen LogP contribution in [-0.4, -0.2) is 35.2 Å². The van der Waals surface area contributed by atoms with Crippen molar-refractivity contribution >= 4 is 38.3 Å². The average Bonchev–Trinajstić information content (AvgIpc) is 3.16. The van der Waals surface area contributed by atoms with Gasteiger partial charge in [0.25, 0.3) is 0 Å². The van der Waals surface area contributed by atoms with Gasteiger partial charge in [-0.05, 0) is 53.4 Å². The minimum Gasteiger partial charge on any atom is -0.352 e. The molecule has 1 N–H and O–H groups in total. The van der Waals surface area contributed by atoms with Crippen molar-refractivity contribution < 1.29 is 4.79 Å². The number of halogens is 1. The predicted octanol–water partition coefficient (Wildman–Crippen LogP) is 2.04. The Morgan fingerprint density at radius 2 is 1.90 bits per heavy atom. The van der Waals surface area contributed by atoms with Gasteiger partial charge in [-0.25, -0.2) is 0 Å². The van der Waals surface area contributed by atoms with Gasteiger partial charge in [-0.1, -0.05) is 11.3 Å². The lowest BCUT2D eigenvalue weighted by Crippen LogP contribution is -2.53.